The summed E-state index contributed by atoms with van der Waals surface area (Å²) in [5.74, 6) is -0.355. The summed E-state index contributed by atoms with van der Waals surface area (Å²) in [6.45, 7) is 3.24. The molecule has 1 aromatic carbocycles. The van der Waals surface area contributed by atoms with E-state index in [2.05, 4.69) is 33.2 Å². The molecule has 1 aliphatic rings. The Morgan fingerprint density at radius 2 is 2.39 bits per heavy atom. The number of nitrogens with one attached hydrogen (secondary N) is 1. The van der Waals surface area contributed by atoms with Crippen molar-refractivity contribution in [2.75, 3.05) is 44.3 Å². The number of hydrogen-bond acceptors (Lipinski definition) is 4. The van der Waals surface area contributed by atoms with Crippen LogP contribution < -0.4 is 11.1 Å². The van der Waals surface area contributed by atoms with E-state index in [1.807, 2.05) is 0 Å². The lowest BCUT2D eigenvalue weighted by molar-refractivity contribution is -0.0117. The van der Waals surface area contributed by atoms with Gasteiger partial charge in [-0.25, -0.2) is 4.39 Å². The van der Waals surface area contributed by atoms with Crippen molar-refractivity contribution in [3.8, 4) is 0 Å². The number of hydrogen-bond donors (Lipinski definition) is 2. The van der Waals surface area contributed by atoms with Crippen molar-refractivity contribution >= 4 is 27.3 Å². The summed E-state index contributed by atoms with van der Waals surface area (Å²) in [7, 11) is 2.07. The topological polar surface area (TPSA) is 50.5 Å². The Balaban J connectivity index is 1.95. The zero-order valence-corrected chi connectivity index (χ0v) is 11.8. The first-order valence-electron chi connectivity index (χ1n) is 5.85. The Bertz CT molecular complexity index is 430. The molecule has 0 aromatic heterocycles. The van der Waals surface area contributed by atoms with E-state index in [0.717, 1.165) is 25.4 Å². The van der Waals surface area contributed by atoms with Crippen LogP contribution in [-0.4, -0.2) is 44.3 Å². The number of rotatable bonds is 3. The second-order valence-electron chi connectivity index (χ2n) is 4.49. The quantitative estimate of drug-likeness (QED) is 0.836. The number of ether oxygens (including phenoxy) is 1. The normalized spacial score (nSPS) is 20.9. The van der Waals surface area contributed by atoms with Gasteiger partial charge in [-0.2, -0.15) is 0 Å². The highest BCUT2D eigenvalue weighted by molar-refractivity contribution is 9.10. The van der Waals surface area contributed by atoms with E-state index in [1.165, 1.54) is 6.07 Å². The van der Waals surface area contributed by atoms with E-state index >= 15 is 0 Å². The van der Waals surface area contributed by atoms with Crippen molar-refractivity contribution in [2.45, 2.75) is 6.10 Å². The van der Waals surface area contributed by atoms with Crippen LogP contribution in [0.1, 0.15) is 0 Å². The van der Waals surface area contributed by atoms with Gasteiger partial charge in [0.15, 0.2) is 0 Å². The fourth-order valence-corrected chi connectivity index (χ4v) is 2.27. The first-order valence-corrected chi connectivity index (χ1v) is 6.64. The van der Waals surface area contributed by atoms with Crippen LogP contribution in [0, 0.1) is 5.82 Å². The van der Waals surface area contributed by atoms with Gasteiger partial charge in [0.05, 0.1) is 28.6 Å². The van der Waals surface area contributed by atoms with E-state index in [-0.39, 0.29) is 11.9 Å². The fourth-order valence-electron chi connectivity index (χ4n) is 1.93. The molecular weight excluding hydrogens is 301 g/mol. The highest BCUT2D eigenvalue weighted by Crippen LogP contribution is 2.26. The largest absolute Gasteiger partial charge is 0.397 e. The van der Waals surface area contributed by atoms with E-state index in [9.17, 15) is 4.39 Å². The van der Waals surface area contributed by atoms with Crippen LogP contribution in [0.25, 0.3) is 0 Å². The molecule has 2 rings (SSSR count). The molecule has 1 atom stereocenters. The number of nitrogens with zero attached hydrogens (tertiary/aromatic N) is 1. The van der Waals surface area contributed by atoms with Gasteiger partial charge in [-0.3, -0.25) is 0 Å². The summed E-state index contributed by atoms with van der Waals surface area (Å²) in [4.78, 5) is 2.22. The standard InChI is InChI=1S/C12H17BrFN3O/c1-17-2-3-18-8(7-17)6-16-12-4-9(13)10(14)5-11(12)15/h4-5,8,16H,2-3,6-7,15H2,1H3. The van der Waals surface area contributed by atoms with E-state index < -0.39 is 0 Å². The van der Waals surface area contributed by atoms with Gasteiger partial charge in [-0.05, 0) is 29.0 Å². The van der Waals surface area contributed by atoms with Gasteiger partial charge in [-0.15, -0.1) is 0 Å². The van der Waals surface area contributed by atoms with Gasteiger partial charge >= 0.3 is 0 Å². The third-order valence-corrected chi connectivity index (χ3v) is 3.56. The molecule has 1 aliphatic heterocycles. The number of nitrogen functional groups attached to an aromatic ring is 1. The van der Waals surface area contributed by atoms with Gasteiger partial charge in [0, 0.05) is 25.7 Å². The van der Waals surface area contributed by atoms with Gasteiger partial charge in [0.1, 0.15) is 5.82 Å². The molecule has 1 heterocycles. The number of halogens is 2. The molecule has 4 nitrogen and oxygen atoms in total. The average molecular weight is 318 g/mol. The molecule has 18 heavy (non-hydrogen) atoms. The molecule has 100 valence electrons. The summed E-state index contributed by atoms with van der Waals surface area (Å²) >= 11 is 3.15. The monoisotopic (exact) mass is 317 g/mol. The van der Waals surface area contributed by atoms with Crippen LogP contribution in [0.5, 0.6) is 0 Å². The van der Waals surface area contributed by atoms with Crippen LogP contribution in [0.3, 0.4) is 0 Å². The van der Waals surface area contributed by atoms with Gasteiger partial charge in [0.25, 0.3) is 0 Å². The summed E-state index contributed by atoms with van der Waals surface area (Å²) < 4.78 is 19.3. The van der Waals surface area contributed by atoms with Crippen molar-refractivity contribution in [1.29, 1.82) is 0 Å². The SMILES string of the molecule is CN1CCOC(CNc2cc(Br)c(F)cc2N)C1. The van der Waals surface area contributed by atoms with Crippen LogP contribution in [0.2, 0.25) is 0 Å². The zero-order chi connectivity index (χ0) is 13.1. The minimum Gasteiger partial charge on any atom is -0.397 e. The average Bonchev–Trinajstić information content (AvgIpc) is 2.32. The van der Waals surface area contributed by atoms with E-state index in [4.69, 9.17) is 10.5 Å². The maximum Gasteiger partial charge on any atom is 0.139 e. The van der Waals surface area contributed by atoms with Crippen LogP contribution in [0.4, 0.5) is 15.8 Å². The van der Waals surface area contributed by atoms with Crippen LogP contribution in [0.15, 0.2) is 16.6 Å². The molecule has 1 aromatic rings. The van der Waals surface area contributed by atoms with E-state index in [0.29, 0.717) is 16.7 Å². The molecule has 6 heteroatoms. The molecule has 1 unspecified atom stereocenters. The number of morpholine rings is 1. The van der Waals surface area contributed by atoms with Crippen molar-refractivity contribution in [3.05, 3.63) is 22.4 Å². The number of benzene rings is 1. The summed E-state index contributed by atoms with van der Waals surface area (Å²) in [6.07, 6.45) is 0.131. The molecule has 0 aliphatic carbocycles. The van der Waals surface area contributed by atoms with Crippen molar-refractivity contribution < 1.29 is 9.13 Å². The minimum atomic E-state index is -0.355. The Morgan fingerprint density at radius 3 is 3.11 bits per heavy atom. The van der Waals surface area contributed by atoms with Crippen molar-refractivity contribution in [3.63, 3.8) is 0 Å². The fraction of sp³-hybridized carbons (Fsp3) is 0.500. The second-order valence-corrected chi connectivity index (χ2v) is 5.34. The maximum absolute atomic E-state index is 13.2. The Morgan fingerprint density at radius 1 is 1.61 bits per heavy atom. The lowest BCUT2D eigenvalue weighted by atomic mass is 10.2. The zero-order valence-electron chi connectivity index (χ0n) is 10.2. The second kappa shape index (κ2) is 5.86. The van der Waals surface area contributed by atoms with Crippen molar-refractivity contribution in [1.82, 2.24) is 4.90 Å². The van der Waals surface area contributed by atoms with Crippen LogP contribution >= 0.6 is 15.9 Å². The molecule has 0 spiro atoms. The van der Waals surface area contributed by atoms with E-state index in [1.54, 1.807) is 6.07 Å². The Labute approximate surface area is 114 Å². The Hall–Kier alpha value is -0.850. The van der Waals surface area contributed by atoms with Crippen molar-refractivity contribution in [2.24, 2.45) is 0 Å². The first kappa shape index (κ1) is 13.6. The Kier molecular flexibility index (Phi) is 4.42. The molecule has 1 saturated heterocycles. The molecule has 0 radical (unpaired) electrons. The highest BCUT2D eigenvalue weighted by atomic mass is 79.9. The molecule has 0 amide bonds. The van der Waals surface area contributed by atoms with Gasteiger partial charge in [-0.1, -0.05) is 0 Å². The summed E-state index contributed by atoms with van der Waals surface area (Å²) in [5.41, 5.74) is 6.88. The lowest BCUT2D eigenvalue weighted by Gasteiger charge is -2.30. The van der Waals surface area contributed by atoms with Gasteiger partial charge in [0.2, 0.25) is 0 Å². The third kappa shape index (κ3) is 3.34. The third-order valence-electron chi connectivity index (χ3n) is 2.95. The smallest absolute Gasteiger partial charge is 0.139 e. The first-order chi connectivity index (χ1) is 8.56. The molecular formula is C12H17BrFN3O. The predicted molar refractivity (Wildman–Crippen MR) is 74.2 cm³/mol. The van der Waals surface area contributed by atoms with Gasteiger partial charge < -0.3 is 20.7 Å². The number of likely N-dealkylation sites (N-methyl/N-ethyl adjacent to an activating group) is 1. The molecule has 1 fully saturated rings. The predicted octanol–water partition coefficient (Wildman–Crippen LogP) is 1.91. The highest BCUT2D eigenvalue weighted by Gasteiger charge is 2.17. The minimum absolute atomic E-state index is 0.131. The molecule has 3 N–H and O–H groups in total. The number of anilines is 2. The molecule has 0 saturated carbocycles. The maximum atomic E-state index is 13.2. The molecule has 0 bridgehead atoms. The van der Waals surface area contributed by atoms with Crippen LogP contribution in [-0.2, 0) is 4.74 Å². The number of nitrogens with two attached hydrogens (primary N) is 1. The summed E-state index contributed by atoms with van der Waals surface area (Å²) in [5, 5.41) is 3.20. The lowest BCUT2D eigenvalue weighted by Crippen LogP contribution is -2.43. The summed E-state index contributed by atoms with van der Waals surface area (Å²) in [6, 6.07) is 2.96.